The van der Waals surface area contributed by atoms with E-state index in [4.69, 9.17) is 4.74 Å². The zero-order valence-electron chi connectivity index (χ0n) is 13.7. The fourth-order valence-electron chi connectivity index (χ4n) is 2.69. The normalized spacial score (nSPS) is 18.0. The molecule has 1 aliphatic rings. The Labute approximate surface area is 136 Å². The van der Waals surface area contributed by atoms with E-state index in [1.165, 1.54) is 5.56 Å². The summed E-state index contributed by atoms with van der Waals surface area (Å²) in [6.45, 7) is 7.76. The Bertz CT molecular complexity index is 693. The molecule has 0 radical (unpaired) electrons. The van der Waals surface area contributed by atoms with E-state index < -0.39 is 0 Å². The van der Waals surface area contributed by atoms with Gasteiger partial charge >= 0.3 is 6.03 Å². The minimum absolute atomic E-state index is 0.0732. The number of ether oxygens (including phenoxy) is 1. The number of amides is 2. The number of hydrogen-bond donors (Lipinski definition) is 1. The number of carbonyl (C=O) groups is 1. The molecule has 2 heterocycles. The molecule has 1 saturated heterocycles. The molecule has 1 N–H and O–H groups in total. The first-order chi connectivity index (χ1) is 11.0. The molecule has 2 amide bonds. The van der Waals surface area contributed by atoms with Crippen LogP contribution in [0.3, 0.4) is 0 Å². The highest BCUT2D eigenvalue weighted by Crippen LogP contribution is 2.17. The molecule has 1 aromatic heterocycles. The first-order valence-electron chi connectivity index (χ1n) is 7.83. The van der Waals surface area contributed by atoms with Crippen molar-refractivity contribution in [3.05, 3.63) is 41.6 Å². The van der Waals surface area contributed by atoms with Gasteiger partial charge in [0.15, 0.2) is 5.82 Å². The van der Waals surface area contributed by atoms with Crippen molar-refractivity contribution < 1.29 is 9.53 Å². The number of anilines is 1. The van der Waals surface area contributed by atoms with Crippen molar-refractivity contribution in [2.75, 3.05) is 25.1 Å². The summed E-state index contributed by atoms with van der Waals surface area (Å²) in [7, 11) is 0. The van der Waals surface area contributed by atoms with Gasteiger partial charge in [0.1, 0.15) is 0 Å². The largest absolute Gasteiger partial charge is 0.377 e. The van der Waals surface area contributed by atoms with Crippen LogP contribution < -0.4 is 5.32 Å². The molecule has 0 aliphatic carbocycles. The van der Waals surface area contributed by atoms with Gasteiger partial charge in [-0.1, -0.05) is 17.7 Å². The van der Waals surface area contributed by atoms with Crippen LogP contribution in [0.4, 0.5) is 10.6 Å². The number of aryl methyl sites for hydroxylation is 2. The third-order valence-corrected chi connectivity index (χ3v) is 4.03. The minimum Gasteiger partial charge on any atom is -0.377 e. The number of carbonyl (C=O) groups excluding carboxylic acids is 1. The van der Waals surface area contributed by atoms with Crippen molar-refractivity contribution in [2.24, 2.45) is 0 Å². The summed E-state index contributed by atoms with van der Waals surface area (Å²) < 4.78 is 7.19. The summed E-state index contributed by atoms with van der Waals surface area (Å²) in [5, 5.41) is 7.38. The first kappa shape index (κ1) is 15.6. The maximum atomic E-state index is 12.4. The second-order valence-electron chi connectivity index (χ2n) is 5.97. The topological polar surface area (TPSA) is 59.4 Å². The molecule has 0 bridgehead atoms. The van der Waals surface area contributed by atoms with Crippen LogP contribution in [-0.2, 0) is 4.74 Å². The van der Waals surface area contributed by atoms with Gasteiger partial charge in [-0.3, -0.25) is 5.32 Å². The van der Waals surface area contributed by atoms with Gasteiger partial charge in [0.05, 0.1) is 24.9 Å². The predicted molar refractivity (Wildman–Crippen MR) is 89.0 cm³/mol. The van der Waals surface area contributed by atoms with Gasteiger partial charge in [-0.25, -0.2) is 9.48 Å². The van der Waals surface area contributed by atoms with Gasteiger partial charge in [-0.2, -0.15) is 0 Å². The molecule has 2 aromatic rings. The van der Waals surface area contributed by atoms with E-state index in [9.17, 15) is 4.79 Å². The lowest BCUT2D eigenvalue weighted by atomic mass is 10.2. The van der Waals surface area contributed by atoms with E-state index in [-0.39, 0.29) is 12.1 Å². The van der Waals surface area contributed by atoms with E-state index in [1.807, 2.05) is 48.9 Å². The molecule has 122 valence electrons. The number of nitrogens with zero attached hydrogens (tertiary/aromatic N) is 3. The Morgan fingerprint density at radius 2 is 2.04 bits per heavy atom. The molecule has 6 nitrogen and oxygen atoms in total. The van der Waals surface area contributed by atoms with Crippen molar-refractivity contribution in [1.82, 2.24) is 14.7 Å². The third-order valence-electron chi connectivity index (χ3n) is 4.03. The lowest BCUT2D eigenvalue weighted by Gasteiger charge is -2.32. The molecule has 1 atom stereocenters. The van der Waals surface area contributed by atoms with Crippen molar-refractivity contribution in [1.29, 1.82) is 0 Å². The molecular weight excluding hydrogens is 292 g/mol. The maximum Gasteiger partial charge on any atom is 0.323 e. The van der Waals surface area contributed by atoms with Crippen LogP contribution in [-0.4, -0.2) is 46.5 Å². The average molecular weight is 314 g/mol. The van der Waals surface area contributed by atoms with E-state index in [2.05, 4.69) is 17.3 Å². The molecule has 23 heavy (non-hydrogen) atoms. The summed E-state index contributed by atoms with van der Waals surface area (Å²) >= 11 is 0. The Kier molecular flexibility index (Phi) is 4.34. The van der Waals surface area contributed by atoms with Gasteiger partial charge in [0, 0.05) is 18.3 Å². The first-order valence-corrected chi connectivity index (χ1v) is 7.83. The van der Waals surface area contributed by atoms with Gasteiger partial charge < -0.3 is 9.64 Å². The number of urea groups is 1. The van der Waals surface area contributed by atoms with Crippen molar-refractivity contribution in [3.8, 4) is 5.69 Å². The number of morpholine rings is 1. The van der Waals surface area contributed by atoms with Gasteiger partial charge in [0.2, 0.25) is 0 Å². The van der Waals surface area contributed by atoms with Crippen LogP contribution in [0.1, 0.15) is 18.2 Å². The molecule has 0 spiro atoms. The zero-order valence-corrected chi connectivity index (χ0v) is 13.7. The molecule has 6 heteroatoms. The zero-order chi connectivity index (χ0) is 16.4. The van der Waals surface area contributed by atoms with Gasteiger partial charge in [-0.05, 0) is 32.9 Å². The van der Waals surface area contributed by atoms with Crippen LogP contribution in [0.15, 0.2) is 30.3 Å². The maximum absolute atomic E-state index is 12.4. The van der Waals surface area contributed by atoms with Crippen molar-refractivity contribution in [3.63, 3.8) is 0 Å². The highest BCUT2D eigenvalue weighted by atomic mass is 16.5. The summed E-state index contributed by atoms with van der Waals surface area (Å²) in [6.07, 6.45) is 0. The molecule has 0 saturated carbocycles. The van der Waals surface area contributed by atoms with Gasteiger partial charge in [0.25, 0.3) is 0 Å². The third kappa shape index (κ3) is 3.37. The van der Waals surface area contributed by atoms with E-state index >= 15 is 0 Å². The van der Waals surface area contributed by atoms with Crippen LogP contribution >= 0.6 is 0 Å². The lowest BCUT2D eigenvalue weighted by molar-refractivity contribution is 0.0221. The van der Waals surface area contributed by atoms with Crippen LogP contribution in [0.5, 0.6) is 0 Å². The summed E-state index contributed by atoms with van der Waals surface area (Å²) in [4.78, 5) is 14.2. The molecule has 3 rings (SSSR count). The quantitative estimate of drug-likeness (QED) is 0.927. The standard InChI is InChI=1S/C17H22N4O2/c1-12-4-6-15(7-5-12)21-13(2)10-16(19-21)18-17(22)20-8-9-23-11-14(20)3/h4-7,10,14H,8-9,11H2,1-3H3,(H,18,19,22)/t14-/m1/s1. The molecule has 0 unspecified atom stereocenters. The number of benzene rings is 1. The Hall–Kier alpha value is -2.34. The van der Waals surface area contributed by atoms with E-state index in [0.717, 1.165) is 11.4 Å². The summed E-state index contributed by atoms with van der Waals surface area (Å²) in [5.41, 5.74) is 3.15. The second-order valence-corrected chi connectivity index (χ2v) is 5.97. The highest BCUT2D eigenvalue weighted by molar-refractivity contribution is 5.88. The number of aromatic nitrogens is 2. The van der Waals surface area contributed by atoms with Crippen LogP contribution in [0.25, 0.3) is 5.69 Å². The summed E-state index contributed by atoms with van der Waals surface area (Å²) in [6, 6.07) is 9.95. The van der Waals surface area contributed by atoms with E-state index in [1.54, 1.807) is 4.90 Å². The fourth-order valence-corrected chi connectivity index (χ4v) is 2.69. The fraction of sp³-hybridized carbons (Fsp3) is 0.412. The molecule has 1 aliphatic heterocycles. The predicted octanol–water partition coefficient (Wildman–Crippen LogP) is 2.74. The smallest absolute Gasteiger partial charge is 0.323 e. The number of hydrogen-bond acceptors (Lipinski definition) is 3. The number of rotatable bonds is 2. The SMILES string of the molecule is Cc1ccc(-n2nc(NC(=O)N3CCOC[C@H]3C)cc2C)cc1. The molecular formula is C17H22N4O2. The Balaban J connectivity index is 1.75. The Morgan fingerprint density at radius 3 is 2.74 bits per heavy atom. The van der Waals surface area contributed by atoms with Crippen molar-refractivity contribution in [2.45, 2.75) is 26.8 Å². The monoisotopic (exact) mass is 314 g/mol. The van der Waals surface area contributed by atoms with Crippen LogP contribution in [0.2, 0.25) is 0 Å². The Morgan fingerprint density at radius 1 is 1.30 bits per heavy atom. The van der Waals surface area contributed by atoms with E-state index in [0.29, 0.717) is 25.6 Å². The van der Waals surface area contributed by atoms with Crippen LogP contribution in [0, 0.1) is 13.8 Å². The minimum atomic E-state index is -0.130. The highest BCUT2D eigenvalue weighted by Gasteiger charge is 2.24. The van der Waals surface area contributed by atoms with Crippen molar-refractivity contribution >= 4 is 11.8 Å². The second kappa shape index (κ2) is 6.42. The molecule has 1 aromatic carbocycles. The molecule has 1 fully saturated rings. The lowest BCUT2D eigenvalue weighted by Crippen LogP contribution is -2.48. The van der Waals surface area contributed by atoms with Gasteiger partial charge in [-0.15, -0.1) is 5.10 Å². The average Bonchev–Trinajstić information content (AvgIpc) is 2.89. The summed E-state index contributed by atoms with van der Waals surface area (Å²) in [5.74, 6) is 0.562. The number of nitrogens with one attached hydrogen (secondary N) is 1.